The van der Waals surface area contributed by atoms with Crippen LogP contribution >= 0.6 is 0 Å². The van der Waals surface area contributed by atoms with Gasteiger partial charge in [0.05, 0.1) is 12.3 Å². The Morgan fingerprint density at radius 3 is 2.67 bits per heavy atom. The molecule has 1 N–H and O–H groups in total. The smallest absolute Gasteiger partial charge is 0.141 e. The average Bonchev–Trinajstić information content (AvgIpc) is 2.35. The van der Waals surface area contributed by atoms with Gasteiger partial charge in [-0.2, -0.15) is 0 Å². The maximum atomic E-state index is 8.80. The molecule has 3 nitrogen and oxygen atoms in total. The van der Waals surface area contributed by atoms with Gasteiger partial charge in [-0.25, -0.2) is 0 Å². The maximum absolute atomic E-state index is 8.80. The van der Waals surface area contributed by atoms with Crippen molar-refractivity contribution < 1.29 is 9.63 Å². The molecule has 12 heavy (non-hydrogen) atoms. The Labute approximate surface area is 71.7 Å². The number of aromatic nitrogens is 1. The number of aliphatic hydroxyl groups is 1. The maximum Gasteiger partial charge on any atom is 0.141 e. The second-order valence-corrected chi connectivity index (χ2v) is 2.89. The molecule has 1 rings (SSSR count). The molecule has 66 valence electrons. The predicted octanol–water partition coefficient (Wildman–Crippen LogP) is 1.69. The molecule has 1 aromatic heterocycles. The summed E-state index contributed by atoms with van der Waals surface area (Å²) in [5, 5.41) is 12.6. The summed E-state index contributed by atoms with van der Waals surface area (Å²) in [4.78, 5) is 0. The van der Waals surface area contributed by atoms with Crippen LogP contribution < -0.4 is 0 Å². The van der Waals surface area contributed by atoms with E-state index in [1.807, 2.05) is 26.8 Å². The highest BCUT2D eigenvalue weighted by Crippen LogP contribution is 2.15. The summed E-state index contributed by atoms with van der Waals surface area (Å²) < 4.78 is 4.96. The van der Waals surface area contributed by atoms with Crippen molar-refractivity contribution in [3.63, 3.8) is 0 Å². The van der Waals surface area contributed by atoms with Gasteiger partial charge in [0.15, 0.2) is 0 Å². The lowest BCUT2D eigenvalue weighted by Gasteiger charge is -1.94. The van der Waals surface area contributed by atoms with Gasteiger partial charge in [0.2, 0.25) is 0 Å². The van der Waals surface area contributed by atoms with E-state index in [-0.39, 0.29) is 6.61 Å². The van der Waals surface area contributed by atoms with Crippen LogP contribution in [-0.4, -0.2) is 16.9 Å². The predicted molar refractivity (Wildman–Crippen MR) is 46.7 cm³/mol. The minimum Gasteiger partial charge on any atom is -0.392 e. The van der Waals surface area contributed by atoms with Gasteiger partial charge in [-0.05, 0) is 32.4 Å². The minimum atomic E-state index is 0.0735. The van der Waals surface area contributed by atoms with Crippen LogP contribution in [0.1, 0.15) is 23.9 Å². The highest BCUT2D eigenvalue weighted by atomic mass is 16.5. The molecule has 0 aliphatic rings. The van der Waals surface area contributed by atoms with E-state index in [1.54, 1.807) is 0 Å². The van der Waals surface area contributed by atoms with Crippen LogP contribution in [0.5, 0.6) is 0 Å². The van der Waals surface area contributed by atoms with Gasteiger partial charge in [0.1, 0.15) is 5.76 Å². The molecule has 1 heterocycles. The number of hydrogen-bond acceptors (Lipinski definition) is 3. The number of aliphatic hydroxyl groups excluding tert-OH is 1. The lowest BCUT2D eigenvalue weighted by Crippen LogP contribution is -1.85. The topological polar surface area (TPSA) is 46.3 Å². The highest BCUT2D eigenvalue weighted by molar-refractivity contribution is 5.56. The molecule has 0 unspecified atom stereocenters. The van der Waals surface area contributed by atoms with E-state index >= 15 is 0 Å². The fourth-order valence-corrected chi connectivity index (χ4v) is 0.988. The molecular weight excluding hydrogens is 154 g/mol. The number of aryl methyl sites for hydroxylation is 2. The van der Waals surface area contributed by atoms with Crippen molar-refractivity contribution in [1.82, 2.24) is 5.16 Å². The van der Waals surface area contributed by atoms with Crippen LogP contribution in [0.2, 0.25) is 0 Å². The first-order chi connectivity index (χ1) is 5.65. The SMILES string of the molecule is CC(=Cc1c(C)noc1C)CO. The van der Waals surface area contributed by atoms with Gasteiger partial charge in [-0.3, -0.25) is 0 Å². The van der Waals surface area contributed by atoms with Crippen LogP contribution in [0.15, 0.2) is 10.1 Å². The molecule has 0 saturated carbocycles. The molecule has 0 saturated heterocycles. The average molecular weight is 167 g/mol. The zero-order chi connectivity index (χ0) is 9.14. The quantitative estimate of drug-likeness (QED) is 0.729. The van der Waals surface area contributed by atoms with Crippen molar-refractivity contribution in [2.75, 3.05) is 6.61 Å². The lowest BCUT2D eigenvalue weighted by atomic mass is 10.1. The second kappa shape index (κ2) is 3.54. The first-order valence-corrected chi connectivity index (χ1v) is 3.86. The van der Waals surface area contributed by atoms with Crippen molar-refractivity contribution in [2.45, 2.75) is 20.8 Å². The number of hydrogen-bond donors (Lipinski definition) is 1. The van der Waals surface area contributed by atoms with E-state index in [0.717, 1.165) is 22.6 Å². The fourth-order valence-electron chi connectivity index (χ4n) is 0.988. The second-order valence-electron chi connectivity index (χ2n) is 2.89. The Hall–Kier alpha value is -1.09. The standard InChI is InChI=1S/C9H13NO2/c1-6(5-11)4-9-7(2)10-12-8(9)3/h4,11H,5H2,1-3H3. The summed E-state index contributed by atoms with van der Waals surface area (Å²) in [5.74, 6) is 0.792. The molecule has 0 aliphatic heterocycles. The third-order valence-electron chi connectivity index (χ3n) is 1.73. The number of rotatable bonds is 2. The summed E-state index contributed by atoms with van der Waals surface area (Å²) in [7, 11) is 0. The van der Waals surface area contributed by atoms with Gasteiger partial charge in [-0.1, -0.05) is 5.16 Å². The molecule has 0 amide bonds. The molecule has 0 aromatic carbocycles. The Morgan fingerprint density at radius 2 is 2.25 bits per heavy atom. The molecule has 0 spiro atoms. The van der Waals surface area contributed by atoms with Crippen LogP contribution in [0.3, 0.4) is 0 Å². The third-order valence-corrected chi connectivity index (χ3v) is 1.73. The van der Waals surface area contributed by atoms with Crippen LogP contribution in [0.25, 0.3) is 6.08 Å². The van der Waals surface area contributed by atoms with Crippen molar-refractivity contribution in [3.8, 4) is 0 Å². The molecule has 0 bridgehead atoms. The first kappa shape index (κ1) is 9.00. The van der Waals surface area contributed by atoms with E-state index in [0.29, 0.717) is 0 Å². The third kappa shape index (κ3) is 1.74. The van der Waals surface area contributed by atoms with Gasteiger partial charge < -0.3 is 9.63 Å². The molecule has 0 radical (unpaired) electrons. The fraction of sp³-hybridized carbons (Fsp3) is 0.444. The van der Waals surface area contributed by atoms with Crippen molar-refractivity contribution >= 4 is 6.08 Å². The summed E-state index contributed by atoms with van der Waals surface area (Å²) in [6.45, 7) is 5.68. The molecule has 0 aliphatic carbocycles. The molecule has 1 aromatic rings. The van der Waals surface area contributed by atoms with Gasteiger partial charge in [0, 0.05) is 5.56 Å². The minimum absolute atomic E-state index is 0.0735. The van der Waals surface area contributed by atoms with Crippen molar-refractivity contribution in [2.24, 2.45) is 0 Å². The van der Waals surface area contributed by atoms with Crippen LogP contribution in [-0.2, 0) is 0 Å². The van der Waals surface area contributed by atoms with Crippen molar-refractivity contribution in [1.29, 1.82) is 0 Å². The Balaban J connectivity index is 3.02. The van der Waals surface area contributed by atoms with Crippen molar-refractivity contribution in [3.05, 3.63) is 22.6 Å². The molecule has 0 atom stereocenters. The van der Waals surface area contributed by atoms with E-state index in [9.17, 15) is 0 Å². The summed E-state index contributed by atoms with van der Waals surface area (Å²) >= 11 is 0. The van der Waals surface area contributed by atoms with Crippen LogP contribution in [0.4, 0.5) is 0 Å². The molecular formula is C9H13NO2. The normalized spacial score (nSPS) is 12.2. The van der Waals surface area contributed by atoms with E-state index in [2.05, 4.69) is 5.16 Å². The first-order valence-electron chi connectivity index (χ1n) is 3.86. The Bertz CT molecular complexity index is 280. The number of nitrogens with zero attached hydrogens (tertiary/aromatic N) is 1. The zero-order valence-corrected chi connectivity index (χ0v) is 7.59. The molecule has 0 fully saturated rings. The lowest BCUT2D eigenvalue weighted by molar-refractivity contribution is 0.332. The van der Waals surface area contributed by atoms with Crippen LogP contribution in [0, 0.1) is 13.8 Å². The van der Waals surface area contributed by atoms with Gasteiger partial charge in [-0.15, -0.1) is 0 Å². The molecule has 3 heteroatoms. The Morgan fingerprint density at radius 1 is 1.58 bits per heavy atom. The van der Waals surface area contributed by atoms with E-state index in [1.165, 1.54) is 0 Å². The van der Waals surface area contributed by atoms with E-state index < -0.39 is 0 Å². The highest BCUT2D eigenvalue weighted by Gasteiger charge is 2.05. The van der Waals surface area contributed by atoms with Gasteiger partial charge in [0.25, 0.3) is 0 Å². The Kier molecular flexibility index (Phi) is 2.65. The largest absolute Gasteiger partial charge is 0.392 e. The summed E-state index contributed by atoms with van der Waals surface area (Å²) in [5.41, 5.74) is 2.74. The van der Waals surface area contributed by atoms with Gasteiger partial charge >= 0.3 is 0 Å². The summed E-state index contributed by atoms with van der Waals surface area (Å²) in [6, 6.07) is 0. The monoisotopic (exact) mass is 167 g/mol. The zero-order valence-electron chi connectivity index (χ0n) is 7.59. The summed E-state index contributed by atoms with van der Waals surface area (Å²) in [6.07, 6.45) is 1.89. The van der Waals surface area contributed by atoms with E-state index in [4.69, 9.17) is 9.63 Å².